The first kappa shape index (κ1) is 13.0. The molecule has 1 aromatic rings. The molecular formula is C13H24N2OS. The first-order valence-corrected chi connectivity index (χ1v) is 8.45. The van der Waals surface area contributed by atoms with Crippen molar-refractivity contribution in [3.63, 3.8) is 0 Å². The van der Waals surface area contributed by atoms with Crippen LogP contribution in [0, 0.1) is 5.92 Å². The third-order valence-electron chi connectivity index (χ3n) is 3.13. The highest BCUT2D eigenvalue weighted by Gasteiger charge is 2.25. The van der Waals surface area contributed by atoms with Crippen LogP contribution in [0.15, 0.2) is 11.1 Å². The molecule has 0 aromatic carbocycles. The number of nitrogens with zero attached hydrogens (tertiary/aromatic N) is 2. The molecule has 2 heterocycles. The van der Waals surface area contributed by atoms with E-state index in [0.717, 1.165) is 19.8 Å². The van der Waals surface area contributed by atoms with Crippen molar-refractivity contribution in [1.29, 1.82) is 0 Å². The maximum absolute atomic E-state index is 5.25. The number of ether oxygens (including phenoxy) is 1. The highest BCUT2D eigenvalue weighted by molar-refractivity contribution is 8.15. The van der Waals surface area contributed by atoms with Gasteiger partial charge in [0.05, 0.1) is 18.2 Å². The summed E-state index contributed by atoms with van der Waals surface area (Å²) >= 11 is 0. The Hall–Kier alpha value is -0.480. The van der Waals surface area contributed by atoms with Gasteiger partial charge in [-0.1, -0.05) is 20.8 Å². The average Bonchev–Trinajstić information content (AvgIpc) is 2.54. The van der Waals surface area contributed by atoms with Crippen LogP contribution in [0.4, 0.5) is 0 Å². The zero-order chi connectivity index (χ0) is 12.6. The summed E-state index contributed by atoms with van der Waals surface area (Å²) in [5.41, 5.74) is 1.52. The average molecular weight is 256 g/mol. The molecule has 1 aliphatic heterocycles. The molecule has 98 valence electrons. The fourth-order valence-electron chi connectivity index (χ4n) is 2.00. The lowest BCUT2D eigenvalue weighted by atomic mass is 9.92. The summed E-state index contributed by atoms with van der Waals surface area (Å²) in [5, 5.41) is 6.06. The van der Waals surface area contributed by atoms with Gasteiger partial charge in [0, 0.05) is 23.6 Å². The van der Waals surface area contributed by atoms with Crippen molar-refractivity contribution >= 4 is 10.9 Å². The number of thiol groups is 1. The van der Waals surface area contributed by atoms with Crippen molar-refractivity contribution in [2.24, 2.45) is 5.92 Å². The smallest absolute Gasteiger partial charge is 0.0984 e. The second kappa shape index (κ2) is 4.65. The molecule has 0 amide bonds. The lowest BCUT2D eigenvalue weighted by Gasteiger charge is -2.28. The third-order valence-corrected chi connectivity index (χ3v) is 4.27. The quantitative estimate of drug-likeness (QED) is 0.841. The first-order valence-electron chi connectivity index (χ1n) is 6.21. The summed E-state index contributed by atoms with van der Waals surface area (Å²) in [6.45, 7) is 9.58. The van der Waals surface area contributed by atoms with E-state index in [-0.39, 0.29) is 16.3 Å². The molecule has 17 heavy (non-hydrogen) atoms. The van der Waals surface area contributed by atoms with E-state index >= 15 is 0 Å². The van der Waals surface area contributed by atoms with Crippen LogP contribution in [0.25, 0.3) is 0 Å². The van der Waals surface area contributed by atoms with E-state index in [4.69, 9.17) is 9.84 Å². The summed E-state index contributed by atoms with van der Waals surface area (Å²) in [5.74, 6) is 0.656. The summed E-state index contributed by atoms with van der Waals surface area (Å²) in [6, 6.07) is 2.30. The number of hydrogen-bond acceptors (Lipinski definition) is 2. The normalized spacial score (nSPS) is 18.1. The molecule has 0 radical (unpaired) electrons. The first-order chi connectivity index (χ1) is 7.88. The van der Waals surface area contributed by atoms with Crippen molar-refractivity contribution in [3.05, 3.63) is 11.8 Å². The van der Waals surface area contributed by atoms with Crippen molar-refractivity contribution in [3.8, 4) is 0 Å². The summed E-state index contributed by atoms with van der Waals surface area (Å²) in [4.78, 5) is 0. The van der Waals surface area contributed by atoms with E-state index in [1.165, 1.54) is 10.7 Å². The van der Waals surface area contributed by atoms with Crippen LogP contribution in [0.2, 0.25) is 0 Å². The molecule has 1 saturated heterocycles. The highest BCUT2D eigenvalue weighted by Crippen LogP contribution is 2.32. The zero-order valence-corrected chi connectivity index (χ0v) is 12.4. The maximum Gasteiger partial charge on any atom is 0.0984 e. The molecule has 0 bridgehead atoms. The molecule has 2 rings (SSSR count). The van der Waals surface area contributed by atoms with Gasteiger partial charge in [0.25, 0.3) is 0 Å². The summed E-state index contributed by atoms with van der Waals surface area (Å²) in [7, 11) is -0.113. The Bertz CT molecular complexity index is 389. The lowest BCUT2D eigenvalue weighted by Crippen LogP contribution is -2.33. The van der Waals surface area contributed by atoms with Gasteiger partial charge in [-0.05, 0) is 18.6 Å². The number of aromatic nitrogens is 2. The number of hydrogen-bond donors (Lipinski definition) is 1. The Labute approximate surface area is 107 Å². The second-order valence-electron chi connectivity index (χ2n) is 6.12. The molecule has 1 aromatic heterocycles. The van der Waals surface area contributed by atoms with Crippen molar-refractivity contribution in [1.82, 2.24) is 9.78 Å². The maximum atomic E-state index is 5.25. The van der Waals surface area contributed by atoms with Gasteiger partial charge >= 0.3 is 0 Å². The summed E-state index contributed by atoms with van der Waals surface area (Å²) < 4.78 is 7.46. The van der Waals surface area contributed by atoms with Crippen LogP contribution < -0.4 is 0 Å². The molecule has 1 fully saturated rings. The van der Waals surface area contributed by atoms with Crippen molar-refractivity contribution in [2.75, 3.05) is 25.7 Å². The minimum atomic E-state index is -0.113. The van der Waals surface area contributed by atoms with Crippen LogP contribution in [0.3, 0.4) is 0 Å². The van der Waals surface area contributed by atoms with Gasteiger partial charge in [-0.15, -0.1) is 0 Å². The number of rotatable bonds is 3. The largest absolute Gasteiger partial charge is 0.381 e. The van der Waals surface area contributed by atoms with Crippen LogP contribution in [0.1, 0.15) is 26.5 Å². The van der Waals surface area contributed by atoms with Gasteiger partial charge in [-0.3, -0.25) is 4.68 Å². The van der Waals surface area contributed by atoms with Crippen LogP contribution in [-0.2, 0) is 16.7 Å². The third kappa shape index (κ3) is 2.86. The van der Waals surface area contributed by atoms with Gasteiger partial charge in [-0.25, -0.2) is 10.9 Å². The van der Waals surface area contributed by atoms with Crippen molar-refractivity contribution < 1.29 is 4.74 Å². The molecule has 0 saturated carbocycles. The Morgan fingerprint density at radius 1 is 1.41 bits per heavy atom. The van der Waals surface area contributed by atoms with Gasteiger partial charge in [-0.2, -0.15) is 5.10 Å². The lowest BCUT2D eigenvalue weighted by molar-refractivity contribution is -0.0415. The zero-order valence-electron chi connectivity index (χ0n) is 11.5. The van der Waals surface area contributed by atoms with E-state index in [1.54, 1.807) is 0 Å². The van der Waals surface area contributed by atoms with E-state index in [0.29, 0.717) is 5.92 Å². The van der Waals surface area contributed by atoms with Gasteiger partial charge < -0.3 is 4.74 Å². The van der Waals surface area contributed by atoms with Crippen LogP contribution in [0.5, 0.6) is 0 Å². The minimum absolute atomic E-state index is 0.113. The van der Waals surface area contributed by atoms with Crippen molar-refractivity contribution in [2.45, 2.75) is 37.8 Å². The molecule has 0 aliphatic carbocycles. The molecular weight excluding hydrogens is 232 g/mol. The standard InChI is InChI=1S/C13H24N2OS/c1-13(2,3)11-6-12(17(4)5)14-15(11)7-10-8-16-9-10/h6,10,17H,7-9H2,1-5H3. The fraction of sp³-hybridized carbons (Fsp3) is 0.769. The highest BCUT2D eigenvalue weighted by atomic mass is 32.2. The Kier molecular flexibility index (Phi) is 3.55. The molecule has 0 atom stereocenters. The van der Waals surface area contributed by atoms with Gasteiger partial charge in [0.15, 0.2) is 0 Å². The Balaban J connectivity index is 2.26. The molecule has 0 spiro atoms. The second-order valence-corrected chi connectivity index (χ2v) is 8.36. The predicted octanol–water partition coefficient (Wildman–Crippen LogP) is 2.45. The fourth-order valence-corrected chi connectivity index (χ4v) is 2.67. The Morgan fingerprint density at radius 3 is 2.47 bits per heavy atom. The van der Waals surface area contributed by atoms with Crippen LogP contribution >= 0.6 is 10.9 Å². The molecule has 3 nitrogen and oxygen atoms in total. The van der Waals surface area contributed by atoms with E-state index in [9.17, 15) is 0 Å². The molecule has 1 aliphatic rings. The SMILES string of the molecule is C[SH](C)c1cc(C(C)(C)C)n(CC2COC2)n1. The predicted molar refractivity (Wildman–Crippen MR) is 74.3 cm³/mol. The molecule has 0 N–H and O–H groups in total. The monoisotopic (exact) mass is 256 g/mol. The summed E-state index contributed by atoms with van der Waals surface area (Å²) in [6.07, 6.45) is 4.53. The Morgan fingerprint density at radius 2 is 2.06 bits per heavy atom. The van der Waals surface area contributed by atoms with E-state index in [2.05, 4.69) is 44.0 Å². The molecule has 4 heteroatoms. The minimum Gasteiger partial charge on any atom is -0.381 e. The van der Waals surface area contributed by atoms with Gasteiger partial charge in [0.1, 0.15) is 0 Å². The van der Waals surface area contributed by atoms with Crippen LogP contribution in [-0.4, -0.2) is 35.5 Å². The van der Waals surface area contributed by atoms with E-state index < -0.39 is 0 Å². The van der Waals surface area contributed by atoms with E-state index in [1.807, 2.05) is 0 Å². The molecule has 0 unspecified atom stereocenters. The van der Waals surface area contributed by atoms with Gasteiger partial charge in [0.2, 0.25) is 0 Å². The topological polar surface area (TPSA) is 27.1 Å².